The van der Waals surface area contributed by atoms with Crippen LogP contribution in [0, 0.1) is 0 Å². The van der Waals surface area contributed by atoms with Crippen molar-refractivity contribution in [3.05, 3.63) is 77.9 Å². The summed E-state index contributed by atoms with van der Waals surface area (Å²) in [5, 5.41) is 11.3. The maximum atomic E-state index is 13.3. The highest BCUT2D eigenvalue weighted by Crippen LogP contribution is 2.40. The van der Waals surface area contributed by atoms with Crippen molar-refractivity contribution < 1.29 is 28.9 Å². The zero-order valence-corrected chi connectivity index (χ0v) is 21.9. The molecule has 38 heavy (non-hydrogen) atoms. The number of ketones is 1. The number of likely N-dealkylation sites (tertiary alicyclic amines) is 1. The molecule has 8 nitrogen and oxygen atoms in total. The summed E-state index contributed by atoms with van der Waals surface area (Å²) in [6.45, 7) is 10.5. The molecule has 2 aliphatic rings. The lowest BCUT2D eigenvalue weighted by Crippen LogP contribution is -2.42. The van der Waals surface area contributed by atoms with Gasteiger partial charge in [-0.05, 0) is 48.4 Å². The van der Waals surface area contributed by atoms with Crippen LogP contribution in [0.3, 0.4) is 0 Å². The number of ether oxygens (including phenoxy) is 3. The fourth-order valence-electron chi connectivity index (χ4n) is 4.63. The number of unbranched alkanes of at least 4 members (excludes halogenated alkanes) is 1. The first-order chi connectivity index (χ1) is 18.5. The van der Waals surface area contributed by atoms with Crippen molar-refractivity contribution in [3.63, 3.8) is 0 Å². The molecule has 2 heterocycles. The van der Waals surface area contributed by atoms with Crippen molar-refractivity contribution in [2.75, 3.05) is 52.6 Å². The van der Waals surface area contributed by atoms with Gasteiger partial charge in [0.25, 0.3) is 11.7 Å². The lowest BCUT2D eigenvalue weighted by molar-refractivity contribution is -0.140. The molecule has 0 aromatic heterocycles. The summed E-state index contributed by atoms with van der Waals surface area (Å²) in [5.74, 6) is -0.166. The molecule has 2 saturated heterocycles. The minimum absolute atomic E-state index is 0.0800. The molecule has 1 atom stereocenters. The third kappa shape index (κ3) is 6.44. The van der Waals surface area contributed by atoms with Gasteiger partial charge < -0.3 is 24.2 Å². The zero-order chi connectivity index (χ0) is 26.9. The SMILES string of the molecule is C=CCOc1ccc(C2/C(=C(\O)c3ccc(OCCCC)cc3)C(=O)C(=O)N2CCN2CCOCC2)cc1. The van der Waals surface area contributed by atoms with Crippen LogP contribution >= 0.6 is 0 Å². The number of rotatable bonds is 12. The lowest BCUT2D eigenvalue weighted by atomic mass is 9.95. The molecule has 4 rings (SSSR count). The van der Waals surface area contributed by atoms with Gasteiger partial charge in [0.1, 0.15) is 23.9 Å². The van der Waals surface area contributed by atoms with Gasteiger partial charge in [0, 0.05) is 31.7 Å². The summed E-state index contributed by atoms with van der Waals surface area (Å²) >= 11 is 0. The first-order valence-electron chi connectivity index (χ1n) is 13.2. The monoisotopic (exact) mass is 520 g/mol. The minimum Gasteiger partial charge on any atom is -0.507 e. The Labute approximate surface area is 224 Å². The van der Waals surface area contributed by atoms with E-state index in [0.29, 0.717) is 56.6 Å². The molecule has 2 aromatic carbocycles. The van der Waals surface area contributed by atoms with Gasteiger partial charge in [-0.1, -0.05) is 38.1 Å². The third-order valence-corrected chi connectivity index (χ3v) is 6.76. The number of carbonyl (C=O) groups excluding carboxylic acids is 2. The molecular weight excluding hydrogens is 484 g/mol. The largest absolute Gasteiger partial charge is 0.507 e. The highest BCUT2D eigenvalue weighted by atomic mass is 16.5. The standard InChI is InChI=1S/C30H36N2O6/c1-3-5-19-38-25-12-8-23(9-13-25)28(33)26-27(22-6-10-24(11-7-22)37-18-4-2)32(30(35)29(26)34)15-14-31-16-20-36-21-17-31/h4,6-13,27,33H,2-3,5,14-21H2,1H3/b28-26+. The van der Waals surface area contributed by atoms with Gasteiger partial charge in [-0.3, -0.25) is 14.5 Å². The molecule has 0 bridgehead atoms. The van der Waals surface area contributed by atoms with Crippen LogP contribution in [0.2, 0.25) is 0 Å². The van der Waals surface area contributed by atoms with E-state index in [-0.39, 0.29) is 11.3 Å². The Hall–Kier alpha value is -3.62. The molecule has 2 aliphatic heterocycles. The lowest BCUT2D eigenvalue weighted by Gasteiger charge is -2.31. The number of Topliss-reactive ketones (excluding diaryl/α,β-unsaturated/α-hetero) is 1. The number of hydrogen-bond donors (Lipinski definition) is 1. The number of nitrogens with zero attached hydrogens (tertiary/aromatic N) is 2. The van der Waals surface area contributed by atoms with Gasteiger partial charge in [-0.2, -0.15) is 0 Å². The van der Waals surface area contributed by atoms with E-state index < -0.39 is 17.7 Å². The highest BCUT2D eigenvalue weighted by Gasteiger charge is 2.46. The quantitative estimate of drug-likeness (QED) is 0.148. The molecule has 1 unspecified atom stereocenters. The van der Waals surface area contributed by atoms with E-state index in [1.807, 2.05) is 12.1 Å². The summed E-state index contributed by atoms with van der Waals surface area (Å²) in [6.07, 6.45) is 3.65. The summed E-state index contributed by atoms with van der Waals surface area (Å²) < 4.78 is 16.8. The van der Waals surface area contributed by atoms with E-state index in [1.54, 1.807) is 47.4 Å². The van der Waals surface area contributed by atoms with Crippen LogP contribution in [-0.2, 0) is 14.3 Å². The molecule has 1 amide bonds. The maximum absolute atomic E-state index is 13.3. The number of aliphatic hydroxyl groups excluding tert-OH is 1. The Morgan fingerprint density at radius 2 is 1.68 bits per heavy atom. The van der Waals surface area contributed by atoms with E-state index in [4.69, 9.17) is 14.2 Å². The van der Waals surface area contributed by atoms with E-state index in [0.717, 1.165) is 31.5 Å². The van der Waals surface area contributed by atoms with Gasteiger partial charge in [-0.15, -0.1) is 0 Å². The molecule has 202 valence electrons. The van der Waals surface area contributed by atoms with Gasteiger partial charge in [-0.25, -0.2) is 0 Å². The number of benzene rings is 2. The molecule has 0 radical (unpaired) electrons. The number of hydrogen-bond acceptors (Lipinski definition) is 7. The molecule has 2 aromatic rings. The normalized spacial score (nSPS) is 19.5. The maximum Gasteiger partial charge on any atom is 0.295 e. The fraction of sp³-hybridized carbons (Fsp3) is 0.400. The molecule has 0 saturated carbocycles. The minimum atomic E-state index is -0.718. The number of morpholine rings is 1. The van der Waals surface area contributed by atoms with Crippen LogP contribution in [-0.4, -0.2) is 79.2 Å². The van der Waals surface area contributed by atoms with Gasteiger partial charge in [0.05, 0.1) is 31.4 Å². The Morgan fingerprint density at radius 3 is 2.34 bits per heavy atom. The van der Waals surface area contributed by atoms with Crippen LogP contribution in [0.25, 0.3) is 5.76 Å². The molecule has 1 N–H and O–H groups in total. The third-order valence-electron chi connectivity index (χ3n) is 6.76. The smallest absolute Gasteiger partial charge is 0.295 e. The summed E-state index contributed by atoms with van der Waals surface area (Å²) in [5.41, 5.74) is 1.25. The molecule has 0 aliphatic carbocycles. The van der Waals surface area contributed by atoms with Gasteiger partial charge >= 0.3 is 0 Å². The van der Waals surface area contributed by atoms with Crippen molar-refractivity contribution in [1.82, 2.24) is 9.80 Å². The fourth-order valence-corrected chi connectivity index (χ4v) is 4.63. The van der Waals surface area contributed by atoms with Gasteiger partial charge in [0.2, 0.25) is 0 Å². The average Bonchev–Trinajstić information content (AvgIpc) is 3.21. The number of carbonyl (C=O) groups is 2. The predicted molar refractivity (Wildman–Crippen MR) is 145 cm³/mol. The van der Waals surface area contributed by atoms with Crippen LogP contribution in [0.1, 0.15) is 36.9 Å². The van der Waals surface area contributed by atoms with Crippen LogP contribution in [0.15, 0.2) is 66.8 Å². The Balaban J connectivity index is 1.65. The Bertz CT molecular complexity index is 1140. The Kier molecular flexibility index (Phi) is 9.56. The zero-order valence-electron chi connectivity index (χ0n) is 21.9. The van der Waals surface area contributed by atoms with Crippen molar-refractivity contribution >= 4 is 17.4 Å². The van der Waals surface area contributed by atoms with E-state index >= 15 is 0 Å². The van der Waals surface area contributed by atoms with Crippen molar-refractivity contribution in [2.24, 2.45) is 0 Å². The summed E-state index contributed by atoms with van der Waals surface area (Å²) in [4.78, 5) is 30.3. The predicted octanol–water partition coefficient (Wildman–Crippen LogP) is 4.18. The first kappa shape index (κ1) is 27.4. The summed E-state index contributed by atoms with van der Waals surface area (Å²) in [7, 11) is 0. The number of amides is 1. The second-order valence-corrected chi connectivity index (χ2v) is 9.34. The average molecular weight is 521 g/mol. The topological polar surface area (TPSA) is 88.5 Å². The molecule has 0 spiro atoms. The molecule has 8 heteroatoms. The van der Waals surface area contributed by atoms with Crippen LogP contribution in [0.4, 0.5) is 0 Å². The second kappa shape index (κ2) is 13.3. The van der Waals surface area contributed by atoms with E-state index in [1.165, 1.54) is 0 Å². The molecular formula is C30H36N2O6. The van der Waals surface area contributed by atoms with E-state index in [9.17, 15) is 14.7 Å². The highest BCUT2D eigenvalue weighted by molar-refractivity contribution is 6.46. The van der Waals surface area contributed by atoms with Crippen molar-refractivity contribution in [1.29, 1.82) is 0 Å². The van der Waals surface area contributed by atoms with Crippen LogP contribution in [0.5, 0.6) is 11.5 Å². The summed E-state index contributed by atoms with van der Waals surface area (Å²) in [6, 6.07) is 13.5. The first-order valence-corrected chi connectivity index (χ1v) is 13.2. The van der Waals surface area contributed by atoms with Crippen molar-refractivity contribution in [3.8, 4) is 11.5 Å². The number of aliphatic hydroxyl groups is 1. The molecule has 2 fully saturated rings. The van der Waals surface area contributed by atoms with Crippen molar-refractivity contribution in [2.45, 2.75) is 25.8 Å². The van der Waals surface area contributed by atoms with Gasteiger partial charge in [0.15, 0.2) is 0 Å². The van der Waals surface area contributed by atoms with Crippen LogP contribution < -0.4 is 9.47 Å². The second-order valence-electron chi connectivity index (χ2n) is 9.34. The van der Waals surface area contributed by atoms with E-state index in [2.05, 4.69) is 18.4 Å². The Morgan fingerprint density at radius 1 is 1.03 bits per heavy atom.